The average Bonchev–Trinajstić information content (AvgIpc) is 2.73. The Morgan fingerprint density at radius 1 is 1.47 bits per heavy atom. The molecule has 5 heteroatoms. The minimum Gasteiger partial charge on any atom is -0.476 e. The molecule has 2 N–H and O–H groups in total. The van der Waals surface area contributed by atoms with Crippen LogP contribution in [0.5, 0.6) is 0 Å². The molecule has 2 rings (SSSR count). The predicted octanol–water partition coefficient (Wildman–Crippen LogP) is 2.02. The maximum absolute atomic E-state index is 10.6. The number of nitrogens with one attached hydrogen (secondary N) is 1. The van der Waals surface area contributed by atoms with Crippen molar-refractivity contribution in [3.05, 3.63) is 18.1 Å². The molecule has 0 radical (unpaired) electrons. The van der Waals surface area contributed by atoms with Crippen molar-refractivity contribution in [1.82, 2.24) is 9.97 Å². The van der Waals surface area contributed by atoms with Gasteiger partial charge in [0.1, 0.15) is 5.82 Å². The van der Waals surface area contributed by atoms with Crippen LogP contribution in [-0.4, -0.2) is 27.6 Å². The van der Waals surface area contributed by atoms with Crippen molar-refractivity contribution in [1.29, 1.82) is 0 Å². The summed E-state index contributed by atoms with van der Waals surface area (Å²) in [5, 5.41) is 11.9. The van der Waals surface area contributed by atoms with Gasteiger partial charge in [-0.05, 0) is 18.3 Å². The lowest BCUT2D eigenvalue weighted by atomic mass is 9.98. The highest BCUT2D eigenvalue weighted by molar-refractivity contribution is 5.84. The highest BCUT2D eigenvalue weighted by Crippen LogP contribution is 2.30. The second kappa shape index (κ2) is 5.12. The van der Waals surface area contributed by atoms with Gasteiger partial charge in [0, 0.05) is 6.54 Å². The standard InChI is InChI=1S/C12H17N3O2/c1-8-3-2-4-9(8)5-14-11-7-13-10(6-15-11)12(16)17/h6-9H,2-5H2,1H3,(H,14,15)(H,16,17). The molecule has 0 spiro atoms. The Bertz CT molecular complexity index is 391. The summed E-state index contributed by atoms with van der Waals surface area (Å²) in [7, 11) is 0. The van der Waals surface area contributed by atoms with Crippen LogP contribution in [0.3, 0.4) is 0 Å². The topological polar surface area (TPSA) is 75.1 Å². The maximum atomic E-state index is 10.6. The first-order valence-electron chi connectivity index (χ1n) is 5.96. The minimum atomic E-state index is -1.05. The number of nitrogens with zero attached hydrogens (tertiary/aromatic N) is 2. The molecule has 92 valence electrons. The molecule has 1 aliphatic carbocycles. The molecular weight excluding hydrogens is 218 g/mol. The largest absolute Gasteiger partial charge is 0.476 e. The van der Waals surface area contributed by atoms with Gasteiger partial charge in [-0.2, -0.15) is 0 Å². The molecule has 5 nitrogen and oxygen atoms in total. The molecule has 1 aromatic heterocycles. The molecule has 2 unspecified atom stereocenters. The van der Waals surface area contributed by atoms with Crippen LogP contribution in [0.1, 0.15) is 36.7 Å². The van der Waals surface area contributed by atoms with Gasteiger partial charge in [-0.25, -0.2) is 14.8 Å². The molecule has 17 heavy (non-hydrogen) atoms. The van der Waals surface area contributed by atoms with Gasteiger partial charge in [-0.3, -0.25) is 0 Å². The van der Waals surface area contributed by atoms with Crippen LogP contribution in [0, 0.1) is 11.8 Å². The summed E-state index contributed by atoms with van der Waals surface area (Å²) in [6.45, 7) is 3.17. The summed E-state index contributed by atoms with van der Waals surface area (Å²) in [6, 6.07) is 0. The molecule has 0 bridgehead atoms. The van der Waals surface area contributed by atoms with E-state index in [4.69, 9.17) is 5.11 Å². The van der Waals surface area contributed by atoms with E-state index in [1.54, 1.807) is 0 Å². The predicted molar refractivity (Wildman–Crippen MR) is 64.0 cm³/mol. The number of anilines is 1. The number of hydrogen-bond acceptors (Lipinski definition) is 4. The monoisotopic (exact) mass is 235 g/mol. The smallest absolute Gasteiger partial charge is 0.356 e. The first-order valence-corrected chi connectivity index (χ1v) is 5.96. The molecule has 1 aromatic rings. The highest BCUT2D eigenvalue weighted by Gasteiger charge is 2.22. The second-order valence-electron chi connectivity index (χ2n) is 4.64. The van der Waals surface area contributed by atoms with Gasteiger partial charge in [0.15, 0.2) is 5.69 Å². The number of hydrogen-bond donors (Lipinski definition) is 2. The van der Waals surface area contributed by atoms with Crippen molar-refractivity contribution < 1.29 is 9.90 Å². The van der Waals surface area contributed by atoms with Gasteiger partial charge < -0.3 is 10.4 Å². The van der Waals surface area contributed by atoms with Crippen LogP contribution < -0.4 is 5.32 Å². The van der Waals surface area contributed by atoms with E-state index in [1.807, 2.05) is 0 Å². The normalized spacial score (nSPS) is 23.6. The molecule has 2 atom stereocenters. The van der Waals surface area contributed by atoms with Gasteiger partial charge in [-0.1, -0.05) is 19.8 Å². The Kier molecular flexibility index (Phi) is 3.56. The van der Waals surface area contributed by atoms with Crippen molar-refractivity contribution in [2.24, 2.45) is 11.8 Å². The lowest BCUT2D eigenvalue weighted by Crippen LogP contribution is -2.17. The summed E-state index contributed by atoms with van der Waals surface area (Å²) < 4.78 is 0. The van der Waals surface area contributed by atoms with Gasteiger partial charge in [0.25, 0.3) is 0 Å². The van der Waals surface area contributed by atoms with E-state index < -0.39 is 5.97 Å². The Hall–Kier alpha value is -1.65. The number of carboxylic acid groups (broad SMARTS) is 1. The van der Waals surface area contributed by atoms with E-state index in [9.17, 15) is 4.79 Å². The number of rotatable bonds is 4. The van der Waals surface area contributed by atoms with Crippen molar-refractivity contribution in [3.8, 4) is 0 Å². The van der Waals surface area contributed by atoms with Gasteiger partial charge in [0.05, 0.1) is 12.4 Å². The fourth-order valence-electron chi connectivity index (χ4n) is 2.29. The maximum Gasteiger partial charge on any atom is 0.356 e. The van der Waals surface area contributed by atoms with Crippen molar-refractivity contribution in [3.63, 3.8) is 0 Å². The SMILES string of the molecule is CC1CCCC1CNc1cnc(C(=O)O)cn1. The fourth-order valence-corrected chi connectivity index (χ4v) is 2.29. The summed E-state index contributed by atoms with van der Waals surface area (Å²) in [5.41, 5.74) is -0.0233. The quantitative estimate of drug-likeness (QED) is 0.835. The first kappa shape index (κ1) is 11.8. The molecule has 0 aliphatic heterocycles. The second-order valence-corrected chi connectivity index (χ2v) is 4.64. The van der Waals surface area contributed by atoms with Crippen molar-refractivity contribution in [2.45, 2.75) is 26.2 Å². The highest BCUT2D eigenvalue weighted by atomic mass is 16.4. The number of carboxylic acids is 1. The minimum absolute atomic E-state index is 0.0233. The number of aromatic nitrogens is 2. The van der Waals surface area contributed by atoms with E-state index >= 15 is 0 Å². The fraction of sp³-hybridized carbons (Fsp3) is 0.583. The zero-order valence-electron chi connectivity index (χ0n) is 9.89. The Labute approximate surface area is 100 Å². The van der Waals surface area contributed by atoms with Crippen LogP contribution in [0.2, 0.25) is 0 Å². The van der Waals surface area contributed by atoms with E-state index in [1.165, 1.54) is 31.7 Å². The third-order valence-corrected chi connectivity index (χ3v) is 3.46. The Morgan fingerprint density at radius 3 is 2.82 bits per heavy atom. The lowest BCUT2D eigenvalue weighted by Gasteiger charge is -2.15. The van der Waals surface area contributed by atoms with E-state index in [0.717, 1.165) is 12.5 Å². The lowest BCUT2D eigenvalue weighted by molar-refractivity contribution is 0.0690. The van der Waals surface area contributed by atoms with Crippen LogP contribution in [0.25, 0.3) is 0 Å². The van der Waals surface area contributed by atoms with Gasteiger partial charge >= 0.3 is 5.97 Å². The third kappa shape index (κ3) is 2.93. The van der Waals surface area contributed by atoms with Crippen LogP contribution >= 0.6 is 0 Å². The zero-order valence-corrected chi connectivity index (χ0v) is 9.89. The Balaban J connectivity index is 1.88. The molecule has 1 saturated carbocycles. The molecule has 0 saturated heterocycles. The Morgan fingerprint density at radius 2 is 2.29 bits per heavy atom. The molecule has 1 aliphatic rings. The summed E-state index contributed by atoms with van der Waals surface area (Å²) in [6.07, 6.45) is 6.62. The first-order chi connectivity index (χ1) is 8.16. The van der Waals surface area contributed by atoms with E-state index in [2.05, 4.69) is 22.2 Å². The summed E-state index contributed by atoms with van der Waals surface area (Å²) >= 11 is 0. The van der Waals surface area contributed by atoms with E-state index in [0.29, 0.717) is 11.7 Å². The van der Waals surface area contributed by atoms with Crippen molar-refractivity contribution >= 4 is 11.8 Å². The average molecular weight is 235 g/mol. The third-order valence-electron chi connectivity index (χ3n) is 3.46. The molecular formula is C12H17N3O2. The van der Waals surface area contributed by atoms with Gasteiger partial charge in [0.2, 0.25) is 0 Å². The molecule has 0 aromatic carbocycles. The van der Waals surface area contributed by atoms with Crippen molar-refractivity contribution in [2.75, 3.05) is 11.9 Å². The molecule has 0 amide bonds. The van der Waals surface area contributed by atoms with Crippen LogP contribution in [0.4, 0.5) is 5.82 Å². The number of aromatic carboxylic acids is 1. The van der Waals surface area contributed by atoms with E-state index in [-0.39, 0.29) is 5.69 Å². The van der Waals surface area contributed by atoms with Gasteiger partial charge in [-0.15, -0.1) is 0 Å². The molecule has 1 heterocycles. The molecule has 1 fully saturated rings. The van der Waals surface area contributed by atoms with Crippen LogP contribution in [0.15, 0.2) is 12.4 Å². The zero-order chi connectivity index (χ0) is 12.3. The van der Waals surface area contributed by atoms with Crippen LogP contribution in [-0.2, 0) is 0 Å². The summed E-state index contributed by atoms with van der Waals surface area (Å²) in [5.74, 6) is 1.05. The number of carbonyl (C=O) groups is 1. The summed E-state index contributed by atoms with van der Waals surface area (Å²) in [4.78, 5) is 18.4.